The molecule has 2 amide bonds. The maximum Gasteiger partial charge on any atom is 0.416 e. The van der Waals surface area contributed by atoms with E-state index in [0.29, 0.717) is 54.7 Å². The summed E-state index contributed by atoms with van der Waals surface area (Å²) in [5.74, 6) is 0.937. The number of anilines is 1. The summed E-state index contributed by atoms with van der Waals surface area (Å²) in [5.41, 5.74) is 0.678. The molecule has 2 aliphatic heterocycles. The lowest BCUT2D eigenvalue weighted by Gasteiger charge is -2.42. The van der Waals surface area contributed by atoms with E-state index in [1.54, 1.807) is 38.1 Å². The van der Waals surface area contributed by atoms with Crippen LogP contribution in [0, 0.1) is 5.92 Å². The Labute approximate surface area is 235 Å². The first-order chi connectivity index (χ1) is 19.2. The fourth-order valence-electron chi connectivity index (χ4n) is 5.63. The quantitative estimate of drug-likeness (QED) is 0.516. The third-order valence-corrected chi connectivity index (χ3v) is 9.21. The molecule has 5 rings (SSSR count). The van der Waals surface area contributed by atoms with Gasteiger partial charge >= 0.3 is 6.18 Å². The second-order valence-corrected chi connectivity index (χ2v) is 11.5. The number of hydrogen-bond acceptors (Lipinski definition) is 6. The predicted molar refractivity (Wildman–Crippen MR) is 148 cm³/mol. The van der Waals surface area contributed by atoms with Gasteiger partial charge in [0, 0.05) is 49.1 Å². The highest BCUT2D eigenvalue weighted by molar-refractivity contribution is 8.04. The Kier molecular flexibility index (Phi) is 8.21. The first kappa shape index (κ1) is 28.2. The number of halogens is 3. The highest BCUT2D eigenvalue weighted by Gasteiger charge is 2.41. The van der Waals surface area contributed by atoms with Crippen LogP contribution in [0.4, 0.5) is 18.9 Å². The Morgan fingerprint density at radius 3 is 2.48 bits per heavy atom. The van der Waals surface area contributed by atoms with Crippen molar-refractivity contribution in [3.63, 3.8) is 0 Å². The number of methoxy groups -OCH3 is 2. The molecule has 11 heteroatoms. The highest BCUT2D eigenvalue weighted by Crippen LogP contribution is 2.41. The summed E-state index contributed by atoms with van der Waals surface area (Å²) in [4.78, 5) is 30.6. The molecule has 0 bridgehead atoms. The molecule has 2 aromatic rings. The number of ether oxygens (including phenoxy) is 2. The van der Waals surface area contributed by atoms with E-state index < -0.39 is 11.7 Å². The molecule has 0 radical (unpaired) electrons. The monoisotopic (exact) mass is 575 g/mol. The Morgan fingerprint density at radius 2 is 1.77 bits per heavy atom. The maximum absolute atomic E-state index is 13.4. The van der Waals surface area contributed by atoms with Crippen molar-refractivity contribution >= 4 is 35.3 Å². The van der Waals surface area contributed by atoms with E-state index in [4.69, 9.17) is 9.47 Å². The zero-order chi connectivity index (χ0) is 28.4. The first-order valence-corrected chi connectivity index (χ1v) is 14.2. The van der Waals surface area contributed by atoms with Crippen LogP contribution in [0.3, 0.4) is 0 Å². The number of carbonyl (C=O) groups excluding carboxylic acids is 2. The fourth-order valence-corrected chi connectivity index (χ4v) is 6.93. The van der Waals surface area contributed by atoms with Gasteiger partial charge in [-0.05, 0) is 61.2 Å². The number of piperazine rings is 1. The molecule has 2 saturated heterocycles. The molecule has 3 fully saturated rings. The third-order valence-electron chi connectivity index (χ3n) is 7.79. The van der Waals surface area contributed by atoms with Crippen LogP contribution in [0.1, 0.15) is 30.4 Å². The van der Waals surface area contributed by atoms with Gasteiger partial charge in [-0.25, -0.2) is 0 Å². The SMILES string of the molecule is COc1ccc(/C=C2/SC3CCC(C(=O)N4CCN(c5cccc(C(F)(F)F)c5)CC4)CC3NC2=O)cc1OC. The van der Waals surface area contributed by atoms with Crippen molar-refractivity contribution in [3.05, 3.63) is 58.5 Å². The van der Waals surface area contributed by atoms with E-state index in [2.05, 4.69) is 5.32 Å². The van der Waals surface area contributed by atoms with Crippen LogP contribution < -0.4 is 19.7 Å². The molecule has 2 heterocycles. The number of alkyl halides is 3. The van der Waals surface area contributed by atoms with Gasteiger partial charge in [0.15, 0.2) is 11.5 Å². The molecular formula is C29H32F3N3O4S. The van der Waals surface area contributed by atoms with Crippen LogP contribution in [0.15, 0.2) is 47.4 Å². The number of fused-ring (bicyclic) bond motifs is 1. The standard InChI is InChI=1S/C29H32F3N3O4S/c1-38-23-8-6-18(14-24(23)39-2)15-26-27(36)33-22-16-19(7-9-25(22)40-26)28(37)35-12-10-34(11-13-35)21-5-3-4-20(17-21)29(30,31)32/h3-6,8,14-15,17,19,22,25H,7,9-13,16H2,1-2H3,(H,33,36)/b26-15+. The molecule has 40 heavy (non-hydrogen) atoms. The van der Waals surface area contributed by atoms with Gasteiger partial charge in [-0.3, -0.25) is 9.59 Å². The largest absolute Gasteiger partial charge is 0.493 e. The number of thioether (sulfide) groups is 1. The minimum Gasteiger partial charge on any atom is -0.493 e. The molecule has 1 N–H and O–H groups in total. The van der Waals surface area contributed by atoms with Crippen LogP contribution in [0.25, 0.3) is 6.08 Å². The minimum atomic E-state index is -4.39. The summed E-state index contributed by atoms with van der Waals surface area (Å²) < 4.78 is 50.0. The summed E-state index contributed by atoms with van der Waals surface area (Å²) in [7, 11) is 3.14. The zero-order valence-electron chi connectivity index (χ0n) is 22.4. The van der Waals surface area contributed by atoms with Gasteiger partial charge in [-0.2, -0.15) is 13.2 Å². The smallest absolute Gasteiger partial charge is 0.416 e. The molecule has 2 aromatic carbocycles. The van der Waals surface area contributed by atoms with E-state index in [-0.39, 0.29) is 29.0 Å². The van der Waals surface area contributed by atoms with Gasteiger partial charge < -0.3 is 24.6 Å². The molecule has 7 nitrogen and oxygen atoms in total. The summed E-state index contributed by atoms with van der Waals surface area (Å²) in [5, 5.41) is 3.30. The average molecular weight is 576 g/mol. The molecule has 3 aliphatic rings. The minimum absolute atomic E-state index is 0.0630. The summed E-state index contributed by atoms with van der Waals surface area (Å²) >= 11 is 1.56. The lowest BCUT2D eigenvalue weighted by atomic mass is 9.84. The first-order valence-electron chi connectivity index (χ1n) is 13.3. The van der Waals surface area contributed by atoms with Gasteiger partial charge in [0.1, 0.15) is 0 Å². The second kappa shape index (κ2) is 11.6. The van der Waals surface area contributed by atoms with E-state index >= 15 is 0 Å². The van der Waals surface area contributed by atoms with Crippen LogP contribution in [0.5, 0.6) is 11.5 Å². The zero-order valence-corrected chi connectivity index (χ0v) is 23.2. The number of amides is 2. The highest BCUT2D eigenvalue weighted by atomic mass is 32.2. The summed E-state index contributed by atoms with van der Waals surface area (Å²) in [6, 6.07) is 10.7. The number of hydrogen-bond donors (Lipinski definition) is 1. The van der Waals surface area contributed by atoms with Crippen molar-refractivity contribution in [1.82, 2.24) is 10.2 Å². The Balaban J connectivity index is 1.17. The molecule has 0 aromatic heterocycles. The van der Waals surface area contributed by atoms with Crippen LogP contribution >= 0.6 is 11.8 Å². The topological polar surface area (TPSA) is 71.1 Å². The van der Waals surface area contributed by atoms with Crippen molar-refractivity contribution in [2.24, 2.45) is 5.92 Å². The Hall–Kier alpha value is -3.34. The van der Waals surface area contributed by atoms with E-state index in [0.717, 1.165) is 30.5 Å². The molecule has 3 atom stereocenters. The van der Waals surface area contributed by atoms with Gasteiger partial charge in [-0.15, -0.1) is 11.8 Å². The lowest BCUT2D eigenvalue weighted by molar-refractivity contribution is -0.138. The normalized spacial score (nSPS) is 24.4. The van der Waals surface area contributed by atoms with Crippen molar-refractivity contribution in [1.29, 1.82) is 0 Å². The second-order valence-electron chi connectivity index (χ2n) is 10.2. The molecule has 1 aliphatic carbocycles. The Morgan fingerprint density at radius 1 is 1.02 bits per heavy atom. The van der Waals surface area contributed by atoms with Crippen molar-refractivity contribution in [3.8, 4) is 11.5 Å². The summed E-state index contributed by atoms with van der Waals surface area (Å²) in [6.07, 6.45) is -0.419. The number of rotatable bonds is 5. The molecule has 0 spiro atoms. The van der Waals surface area contributed by atoms with Gasteiger partial charge in [0.05, 0.1) is 24.7 Å². The molecule has 3 unspecified atom stereocenters. The lowest BCUT2D eigenvalue weighted by Crippen LogP contribution is -2.54. The predicted octanol–water partition coefficient (Wildman–Crippen LogP) is 4.81. The number of benzene rings is 2. The molecule has 1 saturated carbocycles. The fraction of sp³-hybridized carbons (Fsp3) is 0.448. The van der Waals surface area contributed by atoms with Crippen molar-refractivity contribution in [2.45, 2.75) is 36.7 Å². The average Bonchev–Trinajstić information content (AvgIpc) is 2.96. The number of nitrogens with one attached hydrogen (secondary N) is 1. The molecule has 214 valence electrons. The van der Waals surface area contributed by atoms with Crippen LogP contribution in [0.2, 0.25) is 0 Å². The maximum atomic E-state index is 13.4. The van der Waals surface area contributed by atoms with E-state index in [1.807, 2.05) is 28.0 Å². The summed E-state index contributed by atoms with van der Waals surface area (Å²) in [6.45, 7) is 1.86. The number of nitrogens with zero attached hydrogens (tertiary/aromatic N) is 2. The van der Waals surface area contributed by atoms with Crippen LogP contribution in [-0.4, -0.2) is 68.4 Å². The van der Waals surface area contributed by atoms with E-state index in [9.17, 15) is 22.8 Å². The van der Waals surface area contributed by atoms with E-state index in [1.165, 1.54) is 6.07 Å². The third kappa shape index (κ3) is 6.04. The molecular weight excluding hydrogens is 543 g/mol. The van der Waals surface area contributed by atoms with Gasteiger partial charge in [0.2, 0.25) is 5.91 Å². The number of carbonyl (C=O) groups is 2. The van der Waals surface area contributed by atoms with Crippen LogP contribution in [-0.2, 0) is 15.8 Å². The van der Waals surface area contributed by atoms with Gasteiger partial charge in [0.25, 0.3) is 5.91 Å². The van der Waals surface area contributed by atoms with Crippen molar-refractivity contribution < 1.29 is 32.2 Å². The van der Waals surface area contributed by atoms with Crippen molar-refractivity contribution in [2.75, 3.05) is 45.3 Å². The Bertz CT molecular complexity index is 1290. The van der Waals surface area contributed by atoms with Gasteiger partial charge in [-0.1, -0.05) is 12.1 Å².